The number of benzene rings is 2. The molecule has 0 saturated heterocycles. The van der Waals surface area contributed by atoms with E-state index in [0.29, 0.717) is 22.5 Å². The van der Waals surface area contributed by atoms with E-state index in [0.717, 1.165) is 14.6 Å². The van der Waals surface area contributed by atoms with Crippen molar-refractivity contribution in [1.82, 2.24) is 29.9 Å². The van der Waals surface area contributed by atoms with Gasteiger partial charge >= 0.3 is 0 Å². The fraction of sp³-hybridized carbons (Fsp3) is 0.364. The quantitative estimate of drug-likeness (QED) is 0.0600. The van der Waals surface area contributed by atoms with Gasteiger partial charge in [-0.3, -0.25) is 34.1 Å². The molecule has 17 nitrogen and oxygen atoms in total. The number of hydrogen-bond acceptors (Lipinski definition) is 11. The zero-order valence-electron chi connectivity index (χ0n) is 27.7. The Morgan fingerprint density at radius 2 is 1.57 bits per heavy atom. The van der Waals surface area contributed by atoms with Crippen LogP contribution in [0.15, 0.2) is 65.6 Å². The molecule has 5 amide bonds. The van der Waals surface area contributed by atoms with Crippen molar-refractivity contribution in [3.8, 4) is 5.75 Å². The maximum Gasteiger partial charge on any atom is 0.262 e. The minimum atomic E-state index is -4.25. The third-order valence-corrected chi connectivity index (χ3v) is 10.2. The number of hydroxylamine groups is 1. The van der Waals surface area contributed by atoms with Crippen molar-refractivity contribution >= 4 is 50.5 Å². The van der Waals surface area contributed by atoms with Crippen molar-refractivity contribution in [1.29, 1.82) is 0 Å². The highest BCUT2D eigenvalue weighted by Crippen LogP contribution is 2.36. The lowest BCUT2D eigenvalue weighted by atomic mass is 9.98. The molecule has 5 rings (SSSR count). The van der Waals surface area contributed by atoms with Crippen molar-refractivity contribution in [2.45, 2.75) is 30.4 Å². The van der Waals surface area contributed by atoms with E-state index in [1.165, 1.54) is 43.5 Å². The second-order valence-corrected chi connectivity index (χ2v) is 13.4. The predicted molar refractivity (Wildman–Crippen MR) is 179 cm³/mol. The molecule has 0 fully saturated rings. The summed E-state index contributed by atoms with van der Waals surface area (Å²) in [7, 11) is -2.80. The van der Waals surface area contributed by atoms with Gasteiger partial charge in [0.25, 0.3) is 17.7 Å². The summed E-state index contributed by atoms with van der Waals surface area (Å²) >= 11 is 0. The molecule has 0 aliphatic carbocycles. The molecule has 2 aliphatic rings. The molecule has 0 saturated carbocycles. The number of nitrogens with one attached hydrogen (secondary N) is 3. The summed E-state index contributed by atoms with van der Waals surface area (Å²) in [6.45, 7) is 0.0946. The predicted octanol–water partition coefficient (Wildman–Crippen LogP) is -0.538. The van der Waals surface area contributed by atoms with Crippen LogP contribution in [0.2, 0.25) is 0 Å². The van der Waals surface area contributed by atoms with Crippen LogP contribution in [0.25, 0.3) is 10.9 Å². The van der Waals surface area contributed by atoms with Crippen molar-refractivity contribution < 1.29 is 51.8 Å². The van der Waals surface area contributed by atoms with E-state index in [4.69, 9.17) is 14.2 Å². The number of rotatable bonds is 17. The topological polar surface area (TPSA) is 215 Å². The molecule has 18 heteroatoms. The van der Waals surface area contributed by atoms with Gasteiger partial charge in [0.05, 0.1) is 44.9 Å². The van der Waals surface area contributed by atoms with Crippen LogP contribution in [-0.2, 0) is 63.0 Å². The zero-order chi connectivity index (χ0) is 36.5. The molecule has 1 aromatic heterocycles. The summed E-state index contributed by atoms with van der Waals surface area (Å²) < 4.78 is 46.2. The third-order valence-electron chi connectivity index (χ3n) is 8.36. The van der Waals surface area contributed by atoms with Gasteiger partial charge < -0.3 is 29.4 Å². The lowest BCUT2D eigenvalue weighted by Crippen LogP contribution is -2.52. The van der Waals surface area contributed by atoms with Gasteiger partial charge in [0.15, 0.2) is 0 Å². The molecule has 4 N–H and O–H groups in total. The number of methoxy groups -OCH3 is 1. The van der Waals surface area contributed by atoms with Gasteiger partial charge in [0.1, 0.15) is 24.9 Å². The highest BCUT2D eigenvalue weighted by atomic mass is 32.2. The molecule has 2 aromatic carbocycles. The molecule has 51 heavy (non-hydrogen) atoms. The van der Waals surface area contributed by atoms with Crippen molar-refractivity contribution in [3.63, 3.8) is 0 Å². The Morgan fingerprint density at radius 3 is 2.25 bits per heavy atom. The third kappa shape index (κ3) is 8.61. The molecule has 0 spiro atoms. The van der Waals surface area contributed by atoms with Crippen LogP contribution in [0.4, 0.5) is 0 Å². The Morgan fingerprint density at radius 1 is 0.902 bits per heavy atom. The number of carbonyl (C=O) groups excluding carboxylic acids is 5. The van der Waals surface area contributed by atoms with E-state index < -0.39 is 33.8 Å². The fourth-order valence-electron chi connectivity index (χ4n) is 5.85. The number of ether oxygens (including phenoxy) is 3. The first-order chi connectivity index (χ1) is 24.5. The Bertz CT molecular complexity index is 1910. The Kier molecular flexibility index (Phi) is 12.2. The number of nitrogens with zero attached hydrogens (tertiary/aromatic N) is 3. The standard InChI is InChI=1S/C33H38N6O11S/c1-48-22-6-8-23(9-7-22)51(46,47)39-19-28-25(18-27(39)33(44)36-45)24-4-2-3-5-26(24)38(28)20-29(40)34-12-13-35-30(41)21-50-17-16-49-15-14-37-31(42)10-11-32(37)43/h2-11,27,45H,12-21H2,1H3,(H,34,40)(H,35,41)(H,36,44)/t27-/m1/s1. The molecular formula is C33H38N6O11S. The molecule has 0 radical (unpaired) electrons. The van der Waals surface area contributed by atoms with Gasteiger partial charge in [-0.1, -0.05) is 18.2 Å². The van der Waals surface area contributed by atoms with E-state index in [9.17, 15) is 37.6 Å². The zero-order valence-corrected chi connectivity index (χ0v) is 28.5. The van der Waals surface area contributed by atoms with E-state index in [1.54, 1.807) is 28.2 Å². The number of aromatic nitrogens is 1. The van der Waals surface area contributed by atoms with Gasteiger partial charge in [-0.15, -0.1) is 0 Å². The lowest BCUT2D eigenvalue weighted by Gasteiger charge is -2.34. The monoisotopic (exact) mass is 726 g/mol. The molecule has 0 unspecified atom stereocenters. The first-order valence-electron chi connectivity index (χ1n) is 16.0. The van der Waals surface area contributed by atoms with Crippen molar-refractivity contribution in [3.05, 3.63) is 71.9 Å². The van der Waals surface area contributed by atoms with Gasteiger partial charge in [0, 0.05) is 48.3 Å². The Labute approximate surface area is 293 Å². The van der Waals surface area contributed by atoms with E-state index in [-0.39, 0.29) is 82.3 Å². The summed E-state index contributed by atoms with van der Waals surface area (Å²) in [6.07, 6.45) is 2.34. The summed E-state index contributed by atoms with van der Waals surface area (Å²) in [4.78, 5) is 62.1. The molecule has 1 atom stereocenters. The highest BCUT2D eigenvalue weighted by molar-refractivity contribution is 7.89. The minimum Gasteiger partial charge on any atom is -0.497 e. The number of sulfonamides is 1. The van der Waals surface area contributed by atoms with E-state index in [1.807, 2.05) is 6.07 Å². The van der Waals surface area contributed by atoms with Crippen LogP contribution in [0.1, 0.15) is 11.3 Å². The second-order valence-electron chi connectivity index (χ2n) is 11.5. The van der Waals surface area contributed by atoms with Crippen LogP contribution in [-0.4, -0.2) is 116 Å². The van der Waals surface area contributed by atoms with Crippen LogP contribution in [0.3, 0.4) is 0 Å². The van der Waals surface area contributed by atoms with E-state index >= 15 is 0 Å². The average Bonchev–Trinajstić information content (AvgIpc) is 3.62. The maximum atomic E-state index is 13.9. The average molecular weight is 727 g/mol. The number of amides is 5. The van der Waals surface area contributed by atoms with Crippen molar-refractivity contribution in [2.24, 2.45) is 0 Å². The molecule has 3 heterocycles. The second kappa shape index (κ2) is 16.7. The van der Waals surface area contributed by atoms with Gasteiger partial charge in [0.2, 0.25) is 21.8 Å². The maximum absolute atomic E-state index is 13.9. The highest BCUT2D eigenvalue weighted by Gasteiger charge is 2.42. The van der Waals surface area contributed by atoms with Gasteiger partial charge in [-0.2, -0.15) is 4.31 Å². The first-order valence-corrected chi connectivity index (χ1v) is 17.4. The molecule has 3 aromatic rings. The van der Waals surface area contributed by atoms with Gasteiger partial charge in [-0.25, -0.2) is 13.9 Å². The van der Waals surface area contributed by atoms with Crippen molar-refractivity contribution in [2.75, 3.05) is 53.2 Å². The molecule has 2 aliphatic heterocycles. The number of hydrogen-bond donors (Lipinski definition) is 4. The van der Waals surface area contributed by atoms with Crippen LogP contribution < -0.4 is 20.9 Å². The fourth-order valence-corrected chi connectivity index (χ4v) is 7.40. The summed E-state index contributed by atoms with van der Waals surface area (Å²) in [5.74, 6) is -2.03. The SMILES string of the molecule is COc1ccc(S(=O)(=O)N2Cc3c(c4ccccc4n3CC(=O)NCCNC(=O)COCCOCCN3C(=O)C=CC3=O)C[C@@H]2C(=O)NO)cc1. The van der Waals surface area contributed by atoms with Crippen LogP contribution >= 0.6 is 0 Å². The van der Waals surface area contributed by atoms with Gasteiger partial charge in [-0.05, 0) is 35.9 Å². The Balaban J connectivity index is 1.14. The number of carbonyl (C=O) groups is 5. The first kappa shape index (κ1) is 37.1. The number of fused-ring (bicyclic) bond motifs is 3. The number of imide groups is 1. The lowest BCUT2D eigenvalue weighted by molar-refractivity contribution is -0.138. The molecular weight excluding hydrogens is 688 g/mol. The Hall–Kier alpha value is -5.14. The number of para-hydroxylation sites is 1. The molecule has 0 bridgehead atoms. The smallest absolute Gasteiger partial charge is 0.262 e. The van der Waals surface area contributed by atoms with Crippen LogP contribution in [0.5, 0.6) is 5.75 Å². The largest absolute Gasteiger partial charge is 0.497 e. The van der Waals surface area contributed by atoms with Crippen LogP contribution in [0, 0.1) is 0 Å². The summed E-state index contributed by atoms with van der Waals surface area (Å²) in [5.41, 5.74) is 3.46. The molecule has 272 valence electrons. The summed E-state index contributed by atoms with van der Waals surface area (Å²) in [5, 5.41) is 15.6. The normalized spacial score (nSPS) is 16.0. The summed E-state index contributed by atoms with van der Waals surface area (Å²) in [6, 6.07) is 11.6. The minimum absolute atomic E-state index is 0.0508. The van der Waals surface area contributed by atoms with E-state index in [2.05, 4.69) is 10.6 Å².